The number of halogens is 2. The van der Waals surface area contributed by atoms with Gasteiger partial charge in [0.05, 0.1) is 16.5 Å². The van der Waals surface area contributed by atoms with Gasteiger partial charge in [-0.3, -0.25) is 0 Å². The van der Waals surface area contributed by atoms with Crippen LogP contribution in [-0.4, -0.2) is 6.10 Å². The smallest absolute Gasteiger partial charge is 0.171 e. The largest absolute Gasteiger partial charge is 0.356 e. The molecule has 1 heterocycles. The fraction of sp³-hybridized carbons (Fsp3) is 0.444. The summed E-state index contributed by atoms with van der Waals surface area (Å²) >= 11 is 12.9. The summed E-state index contributed by atoms with van der Waals surface area (Å²) in [5.41, 5.74) is 0.651. The molecule has 0 saturated heterocycles. The molecule has 1 aromatic rings. The minimum atomic E-state index is -0.633. The van der Waals surface area contributed by atoms with E-state index in [1.54, 1.807) is 6.07 Å². The van der Waals surface area contributed by atoms with Crippen molar-refractivity contribution in [1.82, 2.24) is 0 Å². The molecule has 1 rings (SSSR count). The molecule has 0 aromatic carbocycles. The highest BCUT2D eigenvalue weighted by molar-refractivity contribution is 7.20. The van der Waals surface area contributed by atoms with Crippen LogP contribution >= 0.6 is 34.5 Å². The van der Waals surface area contributed by atoms with Crippen molar-refractivity contribution in [2.75, 3.05) is 0 Å². The van der Waals surface area contributed by atoms with Crippen LogP contribution in [0.15, 0.2) is 6.07 Å². The quantitative estimate of drug-likeness (QED) is 0.810. The SMILES string of the molecule is CC(C)OC(C#N)c1cc(Cl)sc1Cl. The molecular formula is C9H9Cl2NOS. The summed E-state index contributed by atoms with van der Waals surface area (Å²) in [6, 6.07) is 3.72. The molecule has 0 N–H and O–H groups in total. The maximum atomic E-state index is 8.89. The number of ether oxygens (including phenoxy) is 1. The second-order valence-corrected chi connectivity index (χ2v) is 5.26. The summed E-state index contributed by atoms with van der Waals surface area (Å²) in [4.78, 5) is 0. The van der Waals surface area contributed by atoms with E-state index in [1.807, 2.05) is 19.9 Å². The zero-order chi connectivity index (χ0) is 10.7. The summed E-state index contributed by atoms with van der Waals surface area (Å²) in [5.74, 6) is 0. The van der Waals surface area contributed by atoms with Gasteiger partial charge in [0.15, 0.2) is 6.10 Å². The molecule has 0 fully saturated rings. The third-order valence-corrected chi connectivity index (χ3v) is 3.01. The summed E-state index contributed by atoms with van der Waals surface area (Å²) in [6.07, 6.45) is -0.652. The number of nitrogens with zero attached hydrogens (tertiary/aromatic N) is 1. The topological polar surface area (TPSA) is 33.0 Å². The van der Waals surface area contributed by atoms with Gasteiger partial charge < -0.3 is 4.74 Å². The van der Waals surface area contributed by atoms with E-state index in [2.05, 4.69) is 0 Å². The van der Waals surface area contributed by atoms with Crippen molar-refractivity contribution in [1.29, 1.82) is 5.26 Å². The van der Waals surface area contributed by atoms with Crippen LogP contribution in [0.3, 0.4) is 0 Å². The van der Waals surface area contributed by atoms with Crippen molar-refractivity contribution in [2.24, 2.45) is 0 Å². The van der Waals surface area contributed by atoms with E-state index in [9.17, 15) is 0 Å². The van der Waals surface area contributed by atoms with Crippen LogP contribution in [0.1, 0.15) is 25.5 Å². The predicted molar refractivity (Wildman–Crippen MR) is 58.9 cm³/mol. The standard InChI is InChI=1S/C9H9Cl2NOS/c1-5(2)13-7(4-12)6-3-8(10)14-9(6)11/h3,5,7H,1-2H3. The van der Waals surface area contributed by atoms with Crippen LogP contribution in [-0.2, 0) is 4.74 Å². The van der Waals surface area contributed by atoms with Crippen LogP contribution in [0.25, 0.3) is 0 Å². The van der Waals surface area contributed by atoms with E-state index in [4.69, 9.17) is 33.2 Å². The average Bonchev–Trinajstić information content (AvgIpc) is 2.41. The van der Waals surface area contributed by atoms with Crippen molar-refractivity contribution >= 4 is 34.5 Å². The second-order valence-electron chi connectivity index (χ2n) is 2.97. The predicted octanol–water partition coefficient (Wildman–Crippen LogP) is 4.04. The normalized spacial score (nSPS) is 12.9. The Hall–Kier alpha value is -0.270. The van der Waals surface area contributed by atoms with Crippen molar-refractivity contribution in [3.8, 4) is 6.07 Å². The van der Waals surface area contributed by atoms with E-state index < -0.39 is 6.10 Å². The van der Waals surface area contributed by atoms with Crippen LogP contribution in [0, 0.1) is 11.3 Å². The van der Waals surface area contributed by atoms with E-state index in [0.29, 0.717) is 14.2 Å². The lowest BCUT2D eigenvalue weighted by molar-refractivity contribution is 0.0394. The summed E-state index contributed by atoms with van der Waals surface area (Å²) in [7, 11) is 0. The molecule has 76 valence electrons. The lowest BCUT2D eigenvalue weighted by Crippen LogP contribution is -2.08. The van der Waals surface area contributed by atoms with Gasteiger partial charge in [0, 0.05) is 5.56 Å². The van der Waals surface area contributed by atoms with Crippen molar-refractivity contribution in [3.63, 3.8) is 0 Å². The third kappa shape index (κ3) is 2.86. The van der Waals surface area contributed by atoms with Gasteiger partial charge in [0.1, 0.15) is 4.34 Å². The van der Waals surface area contributed by atoms with Crippen molar-refractivity contribution < 1.29 is 4.74 Å². The molecule has 0 aliphatic rings. The summed E-state index contributed by atoms with van der Waals surface area (Å²) < 4.78 is 6.47. The first kappa shape index (κ1) is 11.8. The highest BCUT2D eigenvalue weighted by Gasteiger charge is 2.18. The zero-order valence-corrected chi connectivity index (χ0v) is 10.1. The minimum absolute atomic E-state index is 0.0191. The molecule has 1 unspecified atom stereocenters. The molecule has 0 aliphatic heterocycles. The Labute approximate surface area is 97.0 Å². The molecule has 0 saturated carbocycles. The van der Waals surface area contributed by atoms with Gasteiger partial charge in [-0.05, 0) is 19.9 Å². The van der Waals surface area contributed by atoms with Crippen LogP contribution in [0.4, 0.5) is 0 Å². The zero-order valence-electron chi connectivity index (χ0n) is 7.75. The molecule has 2 nitrogen and oxygen atoms in total. The lowest BCUT2D eigenvalue weighted by atomic mass is 10.2. The Bertz CT molecular complexity index is 356. The molecule has 1 atom stereocenters. The van der Waals surface area contributed by atoms with Crippen molar-refractivity contribution in [2.45, 2.75) is 26.1 Å². The first-order valence-electron chi connectivity index (χ1n) is 4.04. The Morgan fingerprint density at radius 2 is 2.14 bits per heavy atom. The second kappa shape index (κ2) is 4.99. The first-order valence-corrected chi connectivity index (χ1v) is 5.61. The number of hydrogen-bond donors (Lipinski definition) is 0. The molecule has 0 aliphatic carbocycles. The van der Waals surface area contributed by atoms with Gasteiger partial charge in [-0.15, -0.1) is 11.3 Å². The lowest BCUT2D eigenvalue weighted by Gasteiger charge is -2.12. The fourth-order valence-corrected chi connectivity index (χ4v) is 2.49. The Balaban J connectivity index is 2.90. The Morgan fingerprint density at radius 1 is 1.50 bits per heavy atom. The molecule has 0 radical (unpaired) electrons. The third-order valence-electron chi connectivity index (χ3n) is 1.49. The first-order chi connectivity index (χ1) is 6.54. The Kier molecular flexibility index (Phi) is 4.21. The van der Waals surface area contributed by atoms with E-state index in [1.165, 1.54) is 11.3 Å². The average molecular weight is 250 g/mol. The van der Waals surface area contributed by atoms with Gasteiger partial charge >= 0.3 is 0 Å². The highest BCUT2D eigenvalue weighted by Crippen LogP contribution is 2.36. The molecule has 0 amide bonds. The maximum absolute atomic E-state index is 8.89. The van der Waals surface area contributed by atoms with Crippen molar-refractivity contribution in [3.05, 3.63) is 20.3 Å². The Morgan fingerprint density at radius 3 is 2.50 bits per heavy atom. The fourth-order valence-electron chi connectivity index (χ4n) is 0.977. The van der Waals surface area contributed by atoms with Crippen LogP contribution in [0.2, 0.25) is 8.67 Å². The number of hydrogen-bond acceptors (Lipinski definition) is 3. The number of rotatable bonds is 3. The van der Waals surface area contributed by atoms with Gasteiger partial charge in [0.2, 0.25) is 0 Å². The van der Waals surface area contributed by atoms with Gasteiger partial charge in [0.25, 0.3) is 0 Å². The summed E-state index contributed by atoms with van der Waals surface area (Å²) in [6.45, 7) is 3.73. The van der Waals surface area contributed by atoms with E-state index >= 15 is 0 Å². The number of thiophene rings is 1. The number of nitriles is 1. The molecule has 5 heteroatoms. The highest BCUT2D eigenvalue weighted by atomic mass is 35.5. The summed E-state index contributed by atoms with van der Waals surface area (Å²) in [5, 5.41) is 8.89. The molecule has 0 bridgehead atoms. The maximum Gasteiger partial charge on any atom is 0.171 e. The van der Waals surface area contributed by atoms with E-state index in [-0.39, 0.29) is 6.10 Å². The van der Waals surface area contributed by atoms with Gasteiger partial charge in [-0.25, -0.2) is 0 Å². The van der Waals surface area contributed by atoms with Crippen LogP contribution < -0.4 is 0 Å². The minimum Gasteiger partial charge on any atom is -0.356 e. The van der Waals surface area contributed by atoms with Gasteiger partial charge in [-0.1, -0.05) is 23.2 Å². The molecule has 1 aromatic heterocycles. The van der Waals surface area contributed by atoms with Crippen LogP contribution in [0.5, 0.6) is 0 Å². The van der Waals surface area contributed by atoms with Gasteiger partial charge in [-0.2, -0.15) is 5.26 Å². The molecule has 14 heavy (non-hydrogen) atoms. The monoisotopic (exact) mass is 249 g/mol. The molecular weight excluding hydrogens is 241 g/mol. The van der Waals surface area contributed by atoms with E-state index in [0.717, 1.165) is 0 Å². The molecule has 0 spiro atoms.